The fourth-order valence-corrected chi connectivity index (χ4v) is 7.57. The van der Waals surface area contributed by atoms with Crippen LogP contribution in [0.5, 0.6) is 5.75 Å². The van der Waals surface area contributed by atoms with Gasteiger partial charge < -0.3 is 29.7 Å². The number of ether oxygens (including phenoxy) is 1. The van der Waals surface area contributed by atoms with Crippen molar-refractivity contribution in [1.82, 2.24) is 14.9 Å². The van der Waals surface area contributed by atoms with E-state index in [4.69, 9.17) is 16.3 Å². The summed E-state index contributed by atoms with van der Waals surface area (Å²) in [6, 6.07) is 11.6. The van der Waals surface area contributed by atoms with Crippen LogP contribution in [-0.2, 0) is 4.57 Å². The van der Waals surface area contributed by atoms with Crippen LogP contribution in [0.4, 0.5) is 28.8 Å². The third-order valence-electron chi connectivity index (χ3n) is 8.21. The maximum atomic E-state index is 12.8. The van der Waals surface area contributed by atoms with Crippen molar-refractivity contribution in [2.24, 2.45) is 5.41 Å². The van der Waals surface area contributed by atoms with Crippen molar-refractivity contribution in [3.05, 3.63) is 52.1 Å². The summed E-state index contributed by atoms with van der Waals surface area (Å²) in [4.78, 5) is 13.9. The predicted octanol–water partition coefficient (Wildman–Crippen LogP) is 6.95. The second-order valence-corrected chi connectivity index (χ2v) is 15.7. The number of hydrogen-bond acceptors (Lipinski definition) is 8. The van der Waals surface area contributed by atoms with Gasteiger partial charge in [0.2, 0.25) is 5.95 Å². The van der Waals surface area contributed by atoms with E-state index in [-0.39, 0.29) is 0 Å². The third kappa shape index (κ3) is 6.43. The Balaban J connectivity index is 1.34. The molecule has 2 saturated heterocycles. The molecule has 1 spiro atoms. The van der Waals surface area contributed by atoms with Crippen molar-refractivity contribution >= 4 is 68.8 Å². The normalized spacial score (nSPS) is 17.6. The first-order valence-electron chi connectivity index (χ1n) is 13.6. The average molecular weight is 648 g/mol. The Labute approximate surface area is 250 Å². The van der Waals surface area contributed by atoms with Gasteiger partial charge in [0.15, 0.2) is 5.82 Å². The van der Waals surface area contributed by atoms with E-state index in [1.165, 1.54) is 38.8 Å². The number of benzene rings is 2. The first-order chi connectivity index (χ1) is 19.1. The van der Waals surface area contributed by atoms with Crippen LogP contribution < -0.4 is 25.6 Å². The van der Waals surface area contributed by atoms with Gasteiger partial charge in [-0.25, -0.2) is 4.98 Å². The number of halogens is 2. The Hall–Kier alpha value is -2.32. The molecule has 0 unspecified atom stereocenters. The molecule has 2 aliphatic heterocycles. The molecular weight excluding hydrogens is 611 g/mol. The lowest BCUT2D eigenvalue weighted by atomic mass is 9.71. The summed E-state index contributed by atoms with van der Waals surface area (Å²) in [6.45, 7) is 7.97. The van der Waals surface area contributed by atoms with Crippen molar-refractivity contribution in [1.29, 1.82) is 0 Å². The monoisotopic (exact) mass is 646 g/mol. The fraction of sp³-hybridized carbons (Fsp3) is 0.448. The summed E-state index contributed by atoms with van der Waals surface area (Å²) in [5.41, 5.74) is 3.06. The number of para-hydroxylation sites is 1. The van der Waals surface area contributed by atoms with Gasteiger partial charge in [0.1, 0.15) is 17.9 Å². The van der Waals surface area contributed by atoms with Gasteiger partial charge in [-0.15, -0.1) is 0 Å². The summed E-state index contributed by atoms with van der Waals surface area (Å²) in [5, 5.41) is 7.63. The van der Waals surface area contributed by atoms with Crippen LogP contribution in [0.1, 0.15) is 25.7 Å². The van der Waals surface area contributed by atoms with Gasteiger partial charge in [0.25, 0.3) is 0 Å². The molecular formula is C29H37BrClN6O2P. The Kier molecular flexibility index (Phi) is 8.67. The lowest BCUT2D eigenvalue weighted by molar-refractivity contribution is 0.0944. The van der Waals surface area contributed by atoms with Gasteiger partial charge in [-0.05, 0) is 98.7 Å². The molecule has 0 atom stereocenters. The van der Waals surface area contributed by atoms with Crippen molar-refractivity contribution in [2.75, 3.05) is 69.2 Å². The van der Waals surface area contributed by atoms with E-state index in [0.717, 1.165) is 34.2 Å². The quantitative estimate of drug-likeness (QED) is 0.267. The highest BCUT2D eigenvalue weighted by Gasteiger charge is 2.37. The molecule has 214 valence electrons. The van der Waals surface area contributed by atoms with E-state index >= 15 is 0 Å². The van der Waals surface area contributed by atoms with Crippen molar-refractivity contribution in [2.45, 2.75) is 25.7 Å². The molecule has 1 aromatic heterocycles. The van der Waals surface area contributed by atoms with Crippen LogP contribution >= 0.6 is 34.7 Å². The molecule has 0 bridgehead atoms. The molecule has 2 fully saturated rings. The van der Waals surface area contributed by atoms with Crippen molar-refractivity contribution in [3.8, 4) is 5.75 Å². The molecule has 0 aliphatic carbocycles. The number of nitrogens with one attached hydrogen (secondary N) is 2. The maximum absolute atomic E-state index is 12.8. The summed E-state index contributed by atoms with van der Waals surface area (Å²) < 4.78 is 19.6. The van der Waals surface area contributed by atoms with Gasteiger partial charge >= 0.3 is 0 Å². The number of nitrogens with zero attached hydrogens (tertiary/aromatic N) is 4. The molecule has 0 amide bonds. The number of hydrogen-bond donors (Lipinski definition) is 2. The summed E-state index contributed by atoms with van der Waals surface area (Å²) in [5.74, 6) is 1.49. The Morgan fingerprint density at radius 1 is 1.02 bits per heavy atom. The fourth-order valence-electron chi connectivity index (χ4n) is 5.68. The van der Waals surface area contributed by atoms with Crippen LogP contribution in [-0.4, -0.2) is 68.5 Å². The zero-order valence-corrected chi connectivity index (χ0v) is 26.7. The molecule has 0 radical (unpaired) electrons. The molecule has 2 aromatic carbocycles. The number of piperidine rings is 2. The minimum Gasteiger partial charge on any atom is -0.494 e. The lowest BCUT2D eigenvalue weighted by Crippen LogP contribution is -2.46. The Bertz CT molecular complexity index is 1420. The van der Waals surface area contributed by atoms with E-state index in [9.17, 15) is 4.57 Å². The average Bonchev–Trinajstić information content (AvgIpc) is 2.93. The SMILES string of the molecule is COc1cc(N2CCC3(CCN(C)CC3)CC2)c(Br)cc1Nc1ncc(Cl)c(Nc2ccccc2P(C)(C)=O)n1. The van der Waals surface area contributed by atoms with Crippen LogP contribution in [0.25, 0.3) is 0 Å². The second kappa shape index (κ2) is 11.9. The van der Waals surface area contributed by atoms with E-state index < -0.39 is 7.14 Å². The molecule has 0 saturated carbocycles. The van der Waals surface area contributed by atoms with Gasteiger partial charge in [0.05, 0.1) is 30.4 Å². The number of anilines is 5. The third-order valence-corrected chi connectivity index (χ3v) is 10.7. The molecule has 5 rings (SSSR count). The lowest BCUT2D eigenvalue weighted by Gasteiger charge is -2.47. The smallest absolute Gasteiger partial charge is 0.229 e. The van der Waals surface area contributed by atoms with Crippen LogP contribution in [0.15, 0.2) is 47.1 Å². The van der Waals surface area contributed by atoms with Crippen LogP contribution in [0.2, 0.25) is 5.02 Å². The summed E-state index contributed by atoms with van der Waals surface area (Å²) in [6.07, 6.45) is 6.58. The molecule has 3 aromatic rings. The molecule has 8 nitrogen and oxygen atoms in total. The molecule has 3 heterocycles. The van der Waals surface area contributed by atoms with Crippen molar-refractivity contribution in [3.63, 3.8) is 0 Å². The molecule has 40 heavy (non-hydrogen) atoms. The van der Waals surface area contributed by atoms with Crippen molar-refractivity contribution < 1.29 is 9.30 Å². The number of rotatable bonds is 7. The highest BCUT2D eigenvalue weighted by atomic mass is 79.9. The number of methoxy groups -OCH3 is 1. The Morgan fingerprint density at radius 3 is 2.38 bits per heavy atom. The first kappa shape index (κ1) is 29.2. The zero-order valence-electron chi connectivity index (χ0n) is 23.5. The highest BCUT2D eigenvalue weighted by Crippen LogP contribution is 2.45. The number of likely N-dealkylation sites (tertiary alicyclic amines) is 1. The highest BCUT2D eigenvalue weighted by molar-refractivity contribution is 9.10. The second-order valence-electron chi connectivity index (χ2n) is 11.3. The topological polar surface area (TPSA) is 82.6 Å². The minimum absolute atomic E-state index is 0.360. The minimum atomic E-state index is -2.51. The molecule has 2 aliphatic rings. The van der Waals surface area contributed by atoms with Crippen LogP contribution in [0.3, 0.4) is 0 Å². The largest absolute Gasteiger partial charge is 0.494 e. The first-order valence-corrected chi connectivity index (χ1v) is 17.4. The molecule has 11 heteroatoms. The number of aromatic nitrogens is 2. The van der Waals surface area contributed by atoms with E-state index in [0.29, 0.717) is 33.6 Å². The van der Waals surface area contributed by atoms with Crippen LogP contribution in [0, 0.1) is 5.41 Å². The van der Waals surface area contributed by atoms with Gasteiger partial charge in [-0.1, -0.05) is 23.7 Å². The summed E-state index contributed by atoms with van der Waals surface area (Å²) in [7, 11) is 1.38. The van der Waals surface area contributed by atoms with E-state index in [1.54, 1.807) is 26.6 Å². The maximum Gasteiger partial charge on any atom is 0.229 e. The van der Waals surface area contributed by atoms with Gasteiger partial charge in [-0.3, -0.25) is 0 Å². The zero-order chi connectivity index (χ0) is 28.5. The molecule has 2 N–H and O–H groups in total. The Morgan fingerprint density at radius 2 is 1.70 bits per heavy atom. The predicted molar refractivity (Wildman–Crippen MR) is 170 cm³/mol. The standard InChI is InChI=1S/C29H37BrClN6O2P/c1-36-13-9-29(10-14-36)11-15-37(16-12-29)24-18-25(39-2)23(17-20(24)30)34-28-32-19-21(31)27(35-28)33-22-7-5-6-8-26(22)40(3,4)38/h5-8,17-19H,9-16H2,1-4H3,(H2,32,33,34,35). The van der Waals surface area contributed by atoms with Gasteiger partial charge in [0, 0.05) is 28.9 Å². The van der Waals surface area contributed by atoms with E-state index in [1.807, 2.05) is 30.3 Å². The van der Waals surface area contributed by atoms with E-state index in [2.05, 4.69) is 59.4 Å². The van der Waals surface area contributed by atoms with Gasteiger partial charge in [-0.2, -0.15) is 4.98 Å². The summed E-state index contributed by atoms with van der Waals surface area (Å²) >= 11 is 10.2.